The fourth-order valence-corrected chi connectivity index (χ4v) is 1.92. The van der Waals surface area contributed by atoms with Gasteiger partial charge >= 0.3 is 6.18 Å². The van der Waals surface area contributed by atoms with E-state index in [0.29, 0.717) is 12.6 Å². The van der Waals surface area contributed by atoms with E-state index in [4.69, 9.17) is 0 Å². The van der Waals surface area contributed by atoms with Crippen LogP contribution in [-0.4, -0.2) is 19.1 Å². The molecule has 1 aromatic carbocycles. The first-order valence-corrected chi connectivity index (χ1v) is 6.76. The number of hydrogen-bond acceptors (Lipinski definition) is 2. The molecule has 0 aliphatic heterocycles. The van der Waals surface area contributed by atoms with Gasteiger partial charge in [-0.15, -0.1) is 0 Å². The van der Waals surface area contributed by atoms with E-state index >= 15 is 0 Å². The van der Waals surface area contributed by atoms with Crippen molar-refractivity contribution in [1.29, 1.82) is 0 Å². The second kappa shape index (κ2) is 6.54. The van der Waals surface area contributed by atoms with Crippen LogP contribution in [0.25, 0.3) is 0 Å². The molecular weight excluding hydrogens is 272 g/mol. The van der Waals surface area contributed by atoms with Crippen LogP contribution in [0.4, 0.5) is 17.6 Å². The van der Waals surface area contributed by atoms with Crippen LogP contribution in [0.1, 0.15) is 30.4 Å². The number of halogens is 4. The first-order chi connectivity index (χ1) is 9.47. The van der Waals surface area contributed by atoms with Crippen molar-refractivity contribution < 1.29 is 17.6 Å². The van der Waals surface area contributed by atoms with E-state index in [9.17, 15) is 17.6 Å². The first-order valence-electron chi connectivity index (χ1n) is 6.76. The second-order valence-electron chi connectivity index (χ2n) is 5.06. The van der Waals surface area contributed by atoms with Gasteiger partial charge in [0.05, 0.1) is 5.56 Å². The van der Waals surface area contributed by atoms with Crippen molar-refractivity contribution in [2.75, 3.05) is 13.1 Å². The van der Waals surface area contributed by atoms with E-state index in [1.807, 2.05) is 0 Å². The molecule has 0 saturated heterocycles. The maximum absolute atomic E-state index is 13.4. The van der Waals surface area contributed by atoms with Crippen LogP contribution in [0, 0.1) is 5.82 Å². The summed E-state index contributed by atoms with van der Waals surface area (Å²) in [5.41, 5.74) is -0.763. The van der Waals surface area contributed by atoms with Gasteiger partial charge in [0.2, 0.25) is 0 Å². The zero-order valence-corrected chi connectivity index (χ0v) is 11.1. The summed E-state index contributed by atoms with van der Waals surface area (Å²) < 4.78 is 51.0. The van der Waals surface area contributed by atoms with Crippen molar-refractivity contribution in [3.8, 4) is 0 Å². The summed E-state index contributed by atoms with van der Waals surface area (Å²) in [6.45, 7) is 1.64. The minimum absolute atomic E-state index is 0.0509. The minimum atomic E-state index is -4.43. The van der Waals surface area contributed by atoms with Crippen molar-refractivity contribution in [3.05, 3.63) is 35.1 Å². The summed E-state index contributed by atoms with van der Waals surface area (Å²) in [7, 11) is 0. The van der Waals surface area contributed by atoms with E-state index in [0.717, 1.165) is 31.2 Å². The lowest BCUT2D eigenvalue weighted by molar-refractivity contribution is -0.137. The second-order valence-corrected chi connectivity index (χ2v) is 5.06. The SMILES string of the molecule is Fc1ccc(C(F)(F)F)cc1CNCCCNC1CC1. The summed E-state index contributed by atoms with van der Waals surface area (Å²) >= 11 is 0. The molecule has 1 aromatic rings. The third-order valence-corrected chi connectivity index (χ3v) is 3.23. The lowest BCUT2D eigenvalue weighted by Gasteiger charge is -2.10. The fourth-order valence-electron chi connectivity index (χ4n) is 1.92. The van der Waals surface area contributed by atoms with Gasteiger partial charge in [-0.2, -0.15) is 13.2 Å². The molecule has 0 radical (unpaired) electrons. The molecule has 2 rings (SSSR count). The van der Waals surface area contributed by atoms with Gasteiger partial charge in [0, 0.05) is 18.2 Å². The lowest BCUT2D eigenvalue weighted by atomic mass is 10.1. The molecule has 0 atom stereocenters. The fraction of sp³-hybridized carbons (Fsp3) is 0.571. The Labute approximate surface area is 115 Å². The van der Waals surface area contributed by atoms with Crippen LogP contribution in [0.5, 0.6) is 0 Å². The summed E-state index contributed by atoms with van der Waals surface area (Å²) in [5, 5.41) is 6.30. The highest BCUT2D eigenvalue weighted by Gasteiger charge is 2.30. The molecule has 1 fully saturated rings. The predicted molar refractivity (Wildman–Crippen MR) is 68.8 cm³/mol. The van der Waals surface area contributed by atoms with E-state index in [1.165, 1.54) is 12.8 Å². The van der Waals surface area contributed by atoms with Gasteiger partial charge in [-0.3, -0.25) is 0 Å². The Bertz CT molecular complexity index is 441. The zero-order chi connectivity index (χ0) is 14.6. The quantitative estimate of drug-likeness (QED) is 0.596. The van der Waals surface area contributed by atoms with Gasteiger partial charge < -0.3 is 10.6 Å². The van der Waals surface area contributed by atoms with E-state index in [1.54, 1.807) is 0 Å². The lowest BCUT2D eigenvalue weighted by Crippen LogP contribution is -2.23. The van der Waals surface area contributed by atoms with Crippen molar-refractivity contribution >= 4 is 0 Å². The third-order valence-electron chi connectivity index (χ3n) is 3.23. The maximum Gasteiger partial charge on any atom is 0.416 e. The van der Waals surface area contributed by atoms with Gasteiger partial charge in [-0.05, 0) is 50.6 Å². The molecule has 2 N–H and O–H groups in total. The van der Waals surface area contributed by atoms with E-state index in [-0.39, 0.29) is 12.1 Å². The van der Waals surface area contributed by atoms with E-state index in [2.05, 4.69) is 10.6 Å². The highest BCUT2D eigenvalue weighted by molar-refractivity contribution is 5.27. The minimum Gasteiger partial charge on any atom is -0.314 e. The smallest absolute Gasteiger partial charge is 0.314 e. The number of hydrogen-bond donors (Lipinski definition) is 2. The Kier molecular flexibility index (Phi) is 4.99. The van der Waals surface area contributed by atoms with E-state index < -0.39 is 17.6 Å². The van der Waals surface area contributed by atoms with Crippen LogP contribution in [0.2, 0.25) is 0 Å². The molecule has 1 aliphatic carbocycles. The molecule has 112 valence electrons. The van der Waals surface area contributed by atoms with Crippen LogP contribution < -0.4 is 10.6 Å². The van der Waals surface area contributed by atoms with Gasteiger partial charge in [-0.25, -0.2) is 4.39 Å². The number of alkyl halides is 3. The van der Waals surface area contributed by atoms with Gasteiger partial charge in [-0.1, -0.05) is 0 Å². The molecule has 1 saturated carbocycles. The van der Waals surface area contributed by atoms with Gasteiger partial charge in [0.25, 0.3) is 0 Å². The van der Waals surface area contributed by atoms with Crippen molar-refractivity contribution in [2.24, 2.45) is 0 Å². The Morgan fingerprint density at radius 3 is 2.55 bits per heavy atom. The largest absolute Gasteiger partial charge is 0.416 e. The molecule has 20 heavy (non-hydrogen) atoms. The average Bonchev–Trinajstić information content (AvgIpc) is 3.18. The molecule has 0 aromatic heterocycles. The van der Waals surface area contributed by atoms with Crippen LogP contribution in [0.15, 0.2) is 18.2 Å². The summed E-state index contributed by atoms with van der Waals surface area (Å²) in [5.74, 6) is -0.610. The average molecular weight is 290 g/mol. The normalized spacial score (nSPS) is 15.6. The van der Waals surface area contributed by atoms with Crippen LogP contribution in [-0.2, 0) is 12.7 Å². The number of nitrogens with one attached hydrogen (secondary N) is 2. The molecule has 0 amide bonds. The number of rotatable bonds is 7. The molecule has 1 aliphatic rings. The zero-order valence-electron chi connectivity index (χ0n) is 11.1. The molecule has 0 spiro atoms. The highest BCUT2D eigenvalue weighted by atomic mass is 19.4. The van der Waals surface area contributed by atoms with Gasteiger partial charge in [0.1, 0.15) is 5.82 Å². The molecule has 0 bridgehead atoms. The summed E-state index contributed by atoms with van der Waals surface area (Å²) in [6.07, 6.45) is -1.11. The topological polar surface area (TPSA) is 24.1 Å². The Balaban J connectivity index is 1.76. The summed E-state index contributed by atoms with van der Waals surface area (Å²) in [4.78, 5) is 0. The monoisotopic (exact) mass is 290 g/mol. The summed E-state index contributed by atoms with van der Waals surface area (Å²) in [6, 6.07) is 3.15. The molecule has 2 nitrogen and oxygen atoms in total. The van der Waals surface area contributed by atoms with Gasteiger partial charge in [0.15, 0.2) is 0 Å². The standard InChI is InChI=1S/C14H18F4N2/c15-13-5-2-11(14(16,17)18)8-10(13)9-19-6-1-7-20-12-3-4-12/h2,5,8,12,19-20H,1,3-4,6-7,9H2. The maximum atomic E-state index is 13.4. The first kappa shape index (κ1) is 15.3. The molecular formula is C14H18F4N2. The number of benzene rings is 1. The van der Waals surface area contributed by atoms with Crippen molar-refractivity contribution in [3.63, 3.8) is 0 Å². The van der Waals surface area contributed by atoms with Crippen molar-refractivity contribution in [1.82, 2.24) is 10.6 Å². The van der Waals surface area contributed by atoms with Crippen LogP contribution in [0.3, 0.4) is 0 Å². The molecule has 6 heteroatoms. The molecule has 0 heterocycles. The Morgan fingerprint density at radius 1 is 1.15 bits per heavy atom. The predicted octanol–water partition coefficient (Wildman–Crippen LogP) is 3.08. The Morgan fingerprint density at radius 2 is 1.90 bits per heavy atom. The molecule has 0 unspecified atom stereocenters. The third kappa shape index (κ3) is 4.76. The van der Waals surface area contributed by atoms with Crippen LogP contribution >= 0.6 is 0 Å². The highest BCUT2D eigenvalue weighted by Crippen LogP contribution is 2.30. The van der Waals surface area contributed by atoms with Crippen molar-refractivity contribution in [2.45, 2.75) is 38.0 Å². The Hall–Kier alpha value is -1.14.